The fraction of sp³-hybridized carbons (Fsp3) is 0.297. The number of ether oxygens (including phenoxy) is 2. The zero-order valence-electron chi connectivity index (χ0n) is 46.7. The summed E-state index contributed by atoms with van der Waals surface area (Å²) in [7, 11) is -4.31. The molecule has 0 bridgehead atoms. The second-order valence-corrected chi connectivity index (χ2v) is 29.6. The topological polar surface area (TPSA) is 18.5 Å². The van der Waals surface area contributed by atoms with E-state index in [0.29, 0.717) is 13.2 Å². The van der Waals surface area contributed by atoms with Crippen molar-refractivity contribution in [2.75, 3.05) is 25.5 Å². The Morgan fingerprint density at radius 1 is 0.282 bits per heavy atom. The molecule has 8 aromatic carbocycles. The molecule has 0 aliphatic heterocycles. The first-order chi connectivity index (χ1) is 38.7. The fourth-order valence-electron chi connectivity index (χ4n) is 12.1. The van der Waals surface area contributed by atoms with E-state index in [-0.39, 0.29) is 0 Å². The van der Waals surface area contributed by atoms with E-state index in [0.717, 1.165) is 48.3 Å². The minimum atomic E-state index is -2.15. The van der Waals surface area contributed by atoms with Crippen molar-refractivity contribution in [2.45, 2.75) is 116 Å². The number of hydrogen-bond acceptors (Lipinski definition) is 2. The van der Waals surface area contributed by atoms with Crippen LogP contribution in [0.15, 0.2) is 244 Å². The Morgan fingerprint density at radius 3 is 0.782 bits per heavy atom. The van der Waals surface area contributed by atoms with Gasteiger partial charge in [-0.15, -0.1) is 13.2 Å². The normalized spacial score (nSPS) is 11.9. The quantitative estimate of drug-likeness (QED) is 0.0224. The van der Waals surface area contributed by atoms with E-state index in [1.807, 2.05) is 12.2 Å². The van der Waals surface area contributed by atoms with Crippen molar-refractivity contribution in [3.8, 4) is 22.6 Å². The molecule has 0 aliphatic rings. The van der Waals surface area contributed by atoms with Gasteiger partial charge >= 0.3 is 378 Å². The Labute approximate surface area is 471 Å². The van der Waals surface area contributed by atoms with Crippen LogP contribution in [-0.4, -0.2) is 25.5 Å². The van der Waals surface area contributed by atoms with Crippen LogP contribution < -0.4 is 41.3 Å². The Balaban J connectivity index is 0.776. The third-order valence-corrected chi connectivity index (χ3v) is 26.3. The largest absolute Gasteiger partial charge is 0.0470 e. The second-order valence-electron chi connectivity index (χ2n) is 21.5. The second kappa shape index (κ2) is 31.9. The predicted octanol–water partition coefficient (Wildman–Crippen LogP) is 17.3. The van der Waals surface area contributed by atoms with E-state index in [2.05, 4.69) is 232 Å². The Hall–Kier alpha value is -6.30. The van der Waals surface area contributed by atoms with E-state index in [9.17, 15) is 0 Å². The molecule has 406 valence electrons. The first-order valence-corrected chi connectivity index (χ1v) is 34.1. The van der Waals surface area contributed by atoms with Crippen LogP contribution in [0.25, 0.3) is 11.1 Å². The van der Waals surface area contributed by atoms with E-state index >= 15 is 0 Å². The number of benzene rings is 8. The van der Waals surface area contributed by atoms with Crippen LogP contribution in [0.4, 0.5) is 0 Å². The van der Waals surface area contributed by atoms with Gasteiger partial charge in [-0.3, -0.25) is 0 Å². The minimum Gasteiger partial charge on any atom is -0.0470 e. The summed E-state index contributed by atoms with van der Waals surface area (Å²) in [6.07, 6.45) is 27.8. The molecule has 4 heteroatoms. The molecule has 8 rings (SSSR count). The molecule has 0 fully saturated rings. The molecule has 0 atom stereocenters. The molecule has 2 nitrogen and oxygen atoms in total. The van der Waals surface area contributed by atoms with Crippen LogP contribution in [0, 0.1) is 0 Å². The van der Waals surface area contributed by atoms with Gasteiger partial charge < -0.3 is 0 Å². The van der Waals surface area contributed by atoms with Crippen molar-refractivity contribution in [1.82, 2.24) is 0 Å². The molecule has 0 unspecified atom stereocenters. The summed E-state index contributed by atoms with van der Waals surface area (Å²) < 4.78 is 13.3. The summed E-state index contributed by atoms with van der Waals surface area (Å²) in [5, 5.41) is 9.08. The number of rotatable bonds is 35. The molecule has 0 saturated carbocycles. The Morgan fingerprint density at radius 2 is 0.526 bits per heavy atom. The summed E-state index contributed by atoms with van der Waals surface area (Å²) in [6.45, 7) is 9.52. The van der Waals surface area contributed by atoms with Crippen molar-refractivity contribution < 1.29 is 9.47 Å². The van der Waals surface area contributed by atoms with Gasteiger partial charge in [-0.25, -0.2) is 0 Å². The van der Waals surface area contributed by atoms with Gasteiger partial charge in [0, 0.05) is 11.1 Å². The molecule has 0 radical (unpaired) electrons. The van der Waals surface area contributed by atoms with Crippen LogP contribution in [0.3, 0.4) is 0 Å². The van der Waals surface area contributed by atoms with Gasteiger partial charge in [0.2, 0.25) is 0 Å². The smallest absolute Gasteiger partial charge is 0.0470 e. The van der Waals surface area contributed by atoms with Gasteiger partial charge in [-0.2, -0.15) is 0 Å². The Bertz CT molecular complexity index is 2540. The summed E-state index contributed by atoms with van der Waals surface area (Å²) in [4.78, 5) is 0. The van der Waals surface area contributed by atoms with Gasteiger partial charge in [-0.1, -0.05) is 24.3 Å². The average Bonchev–Trinajstić information content (AvgIpc) is 3.62. The van der Waals surface area contributed by atoms with E-state index in [1.165, 1.54) is 145 Å². The molecule has 0 N–H and O–H groups in total. The van der Waals surface area contributed by atoms with Crippen LogP contribution >= 0.6 is 14.5 Å². The van der Waals surface area contributed by atoms with Crippen LogP contribution in [0.2, 0.25) is 0 Å². The molecule has 78 heavy (non-hydrogen) atoms. The number of allylic oxidation sites excluding steroid dienone is 2. The molecule has 0 saturated heterocycles. The maximum absolute atomic E-state index is 6.67. The molecule has 0 amide bonds. The van der Waals surface area contributed by atoms with Gasteiger partial charge in [0.1, 0.15) is 0 Å². The first kappa shape index (κ1) is 57.9. The van der Waals surface area contributed by atoms with E-state index < -0.39 is 14.5 Å². The molecular weight excluding hydrogens is 983 g/mol. The zero-order chi connectivity index (χ0) is 53.8. The van der Waals surface area contributed by atoms with Crippen molar-refractivity contribution in [1.29, 1.82) is 0 Å². The van der Waals surface area contributed by atoms with Crippen LogP contribution in [0.5, 0.6) is 11.5 Å². The third kappa shape index (κ3) is 15.9. The molecule has 8 aromatic rings. The molecule has 0 aromatic heterocycles. The van der Waals surface area contributed by atoms with Crippen molar-refractivity contribution in [3.05, 3.63) is 255 Å². The average molecular weight is 1070 g/mol. The summed E-state index contributed by atoms with van der Waals surface area (Å²) in [5.74, 6) is 1.86. The van der Waals surface area contributed by atoms with Gasteiger partial charge in [-0.05, 0) is 48.2 Å². The Kier molecular flexibility index (Phi) is 23.7. The summed E-state index contributed by atoms with van der Waals surface area (Å²) in [5.41, 5.74) is 4.66. The molecular formula is C74H88O2P2. The monoisotopic (exact) mass is 1070 g/mol. The number of hydrogen-bond donors (Lipinski definition) is 0. The minimum absolute atomic E-state index is 0.707. The standard InChI is InChI=1S/C74H88O2P2/c1-3-39-63-53-55-73(75-57-35-13-9-5-7-11-15-37-59-77(65-41-23-17-24-42-65,66-43-25-18-26-44-66)67-45-27-19-28-46-67)71(61-63)72-62-64(40-4-2)54-56-74(72)76-58-36-14-10-6-8-12-16-38-60-78(68-47-29-20-30-48-68,69-49-31-21-32-50-69)70-51-33-22-34-52-70/h3-4,17-34,41-56,61-62,77-78H,1-2,5-16,35-40,57-60H2. The van der Waals surface area contributed by atoms with Crippen molar-refractivity contribution >= 4 is 46.4 Å². The molecule has 0 spiro atoms. The predicted molar refractivity (Wildman–Crippen MR) is 347 cm³/mol. The third-order valence-electron chi connectivity index (χ3n) is 16.1. The molecule has 0 aliphatic carbocycles. The zero-order valence-corrected chi connectivity index (χ0v) is 48.7. The van der Waals surface area contributed by atoms with E-state index in [1.54, 1.807) is 0 Å². The first-order valence-electron chi connectivity index (χ1n) is 29.7. The fourth-order valence-corrected chi connectivity index (χ4v) is 21.9. The van der Waals surface area contributed by atoms with Gasteiger partial charge in [0.05, 0.1) is 0 Å². The van der Waals surface area contributed by atoms with Crippen molar-refractivity contribution in [2.24, 2.45) is 0 Å². The van der Waals surface area contributed by atoms with Crippen molar-refractivity contribution in [3.63, 3.8) is 0 Å². The van der Waals surface area contributed by atoms with Gasteiger partial charge in [0.15, 0.2) is 0 Å². The summed E-state index contributed by atoms with van der Waals surface area (Å²) >= 11 is 0. The maximum atomic E-state index is 6.67. The maximum Gasteiger partial charge on any atom is -0.0470 e. The molecule has 0 heterocycles. The van der Waals surface area contributed by atoms with E-state index in [4.69, 9.17) is 9.47 Å². The van der Waals surface area contributed by atoms with Crippen LogP contribution in [-0.2, 0) is 12.8 Å². The SMILES string of the molecule is C=CCc1ccc(OCCCCCCCCCC[PH](c2ccccc2)(c2ccccc2)c2ccccc2)c(-c2cc(CC=C)ccc2OCCCCCCCCCC[PH](c2ccccc2)(c2ccccc2)c2ccccc2)c1. The van der Waals surface area contributed by atoms with Crippen LogP contribution in [0.1, 0.15) is 114 Å². The number of unbranched alkanes of at least 4 members (excludes halogenated alkanes) is 14. The summed E-state index contributed by atoms with van der Waals surface area (Å²) in [6, 6.07) is 81.5. The van der Waals surface area contributed by atoms with Gasteiger partial charge in [0.25, 0.3) is 0 Å².